The number of carboxylic acids is 1. The zero-order chi connectivity index (χ0) is 14.0. The summed E-state index contributed by atoms with van der Waals surface area (Å²) in [6.07, 6.45) is 0. The predicted molar refractivity (Wildman–Crippen MR) is 74.7 cm³/mol. The van der Waals surface area contributed by atoms with E-state index in [2.05, 4.69) is 15.9 Å². The van der Waals surface area contributed by atoms with Crippen molar-refractivity contribution >= 4 is 32.7 Å². The minimum absolute atomic E-state index is 0.125. The van der Waals surface area contributed by atoms with Crippen molar-refractivity contribution < 1.29 is 18.5 Å². The van der Waals surface area contributed by atoms with E-state index in [1.807, 2.05) is 12.1 Å². The Morgan fingerprint density at radius 1 is 1.37 bits per heavy atom. The Labute approximate surface area is 121 Å². The van der Waals surface area contributed by atoms with Gasteiger partial charge in [0.1, 0.15) is 5.76 Å². The minimum atomic E-state index is -1.23. The molecule has 1 atom stereocenters. The van der Waals surface area contributed by atoms with Crippen molar-refractivity contribution in [3.8, 4) is 0 Å². The number of rotatable bonds is 4. The highest BCUT2D eigenvalue weighted by molar-refractivity contribution is 9.10. The standard InChI is InChI=1S/C13H11BrO4S/c1-8-9(6-12(18-8)13(15)16)7-19(17)11-4-2-10(14)3-5-11/h2-6H,7H2,1H3,(H,15,16). The molecule has 0 saturated carbocycles. The van der Waals surface area contributed by atoms with Crippen LogP contribution in [-0.2, 0) is 16.6 Å². The van der Waals surface area contributed by atoms with Gasteiger partial charge in [-0.2, -0.15) is 0 Å². The van der Waals surface area contributed by atoms with E-state index >= 15 is 0 Å². The molecule has 2 rings (SSSR count). The largest absolute Gasteiger partial charge is 0.475 e. The Kier molecular flexibility index (Phi) is 4.21. The molecule has 2 aromatic rings. The van der Waals surface area contributed by atoms with Gasteiger partial charge in [0.2, 0.25) is 5.76 Å². The van der Waals surface area contributed by atoms with Gasteiger partial charge < -0.3 is 9.52 Å². The lowest BCUT2D eigenvalue weighted by Gasteiger charge is -2.01. The summed E-state index contributed by atoms with van der Waals surface area (Å²) in [5, 5.41) is 8.83. The molecule has 0 aliphatic heterocycles. The molecule has 4 nitrogen and oxygen atoms in total. The van der Waals surface area contributed by atoms with Gasteiger partial charge in [0, 0.05) is 14.9 Å². The Bertz CT molecular complexity index is 631. The highest BCUT2D eigenvalue weighted by atomic mass is 79.9. The van der Waals surface area contributed by atoms with Crippen LogP contribution in [0.1, 0.15) is 21.9 Å². The summed E-state index contributed by atoms with van der Waals surface area (Å²) in [5.41, 5.74) is 0.652. The maximum atomic E-state index is 12.2. The maximum absolute atomic E-state index is 12.2. The van der Waals surface area contributed by atoms with Crippen molar-refractivity contribution in [2.45, 2.75) is 17.6 Å². The van der Waals surface area contributed by atoms with Crippen LogP contribution in [0.25, 0.3) is 0 Å². The normalized spacial score (nSPS) is 12.3. The minimum Gasteiger partial charge on any atom is -0.475 e. The molecule has 0 bridgehead atoms. The molecule has 1 N–H and O–H groups in total. The number of benzene rings is 1. The first-order chi connectivity index (χ1) is 8.97. The zero-order valence-electron chi connectivity index (χ0n) is 10.1. The number of aromatic carboxylic acids is 1. The maximum Gasteiger partial charge on any atom is 0.371 e. The Hall–Kier alpha value is -1.40. The number of aryl methyl sites for hydroxylation is 1. The molecule has 1 heterocycles. The molecule has 0 aliphatic carbocycles. The van der Waals surface area contributed by atoms with Crippen molar-refractivity contribution in [2.24, 2.45) is 0 Å². The second-order valence-electron chi connectivity index (χ2n) is 3.94. The molecule has 6 heteroatoms. The zero-order valence-corrected chi connectivity index (χ0v) is 12.5. The van der Waals surface area contributed by atoms with E-state index in [9.17, 15) is 9.00 Å². The Morgan fingerprint density at radius 2 is 2.00 bits per heavy atom. The summed E-state index contributed by atoms with van der Waals surface area (Å²) in [6, 6.07) is 8.60. The second-order valence-corrected chi connectivity index (χ2v) is 6.31. The second kappa shape index (κ2) is 5.71. The smallest absolute Gasteiger partial charge is 0.371 e. The summed E-state index contributed by atoms with van der Waals surface area (Å²) in [5.74, 6) is -0.517. The van der Waals surface area contributed by atoms with Gasteiger partial charge in [-0.05, 0) is 37.3 Å². The lowest BCUT2D eigenvalue weighted by molar-refractivity contribution is 0.0661. The van der Waals surface area contributed by atoms with Crippen LogP contribution >= 0.6 is 15.9 Å². The van der Waals surface area contributed by atoms with Crippen LogP contribution in [0, 0.1) is 6.92 Å². The summed E-state index contributed by atoms with van der Waals surface area (Å²) in [7, 11) is -1.23. The summed E-state index contributed by atoms with van der Waals surface area (Å²) in [4.78, 5) is 11.5. The van der Waals surface area contributed by atoms with Gasteiger partial charge in [0.25, 0.3) is 0 Å². The third-order valence-corrected chi connectivity index (χ3v) is 4.49. The summed E-state index contributed by atoms with van der Waals surface area (Å²) < 4.78 is 18.2. The first kappa shape index (κ1) is 14.0. The first-order valence-electron chi connectivity index (χ1n) is 5.44. The fraction of sp³-hybridized carbons (Fsp3) is 0.154. The number of furan rings is 1. The Balaban J connectivity index is 2.19. The lowest BCUT2D eigenvalue weighted by Crippen LogP contribution is -1.97. The molecule has 0 aliphatic rings. The van der Waals surface area contributed by atoms with E-state index in [4.69, 9.17) is 9.52 Å². The number of carbonyl (C=O) groups is 1. The summed E-state index contributed by atoms with van der Waals surface area (Å²) in [6.45, 7) is 1.67. The fourth-order valence-corrected chi connectivity index (χ4v) is 3.02. The highest BCUT2D eigenvalue weighted by Crippen LogP contribution is 2.20. The van der Waals surface area contributed by atoms with Crippen LogP contribution in [-0.4, -0.2) is 15.3 Å². The quantitative estimate of drug-likeness (QED) is 0.924. The van der Waals surface area contributed by atoms with Gasteiger partial charge in [-0.3, -0.25) is 4.21 Å². The monoisotopic (exact) mass is 342 g/mol. The SMILES string of the molecule is Cc1oc(C(=O)O)cc1CS(=O)c1ccc(Br)cc1. The van der Waals surface area contributed by atoms with Gasteiger partial charge in [0.05, 0.1) is 16.6 Å². The molecular weight excluding hydrogens is 332 g/mol. The molecule has 0 saturated heterocycles. The molecular formula is C13H11BrO4S. The van der Waals surface area contributed by atoms with Crippen LogP contribution in [0.3, 0.4) is 0 Å². The van der Waals surface area contributed by atoms with Crippen LogP contribution < -0.4 is 0 Å². The molecule has 0 radical (unpaired) electrons. The van der Waals surface area contributed by atoms with Crippen molar-refractivity contribution in [1.82, 2.24) is 0 Å². The number of hydrogen-bond donors (Lipinski definition) is 1. The van der Waals surface area contributed by atoms with E-state index in [-0.39, 0.29) is 11.5 Å². The Morgan fingerprint density at radius 3 is 2.53 bits per heavy atom. The van der Waals surface area contributed by atoms with Gasteiger partial charge in [-0.1, -0.05) is 15.9 Å². The number of carboxylic acid groups (broad SMARTS) is 1. The van der Waals surface area contributed by atoms with Crippen LogP contribution in [0.5, 0.6) is 0 Å². The first-order valence-corrected chi connectivity index (χ1v) is 7.55. The highest BCUT2D eigenvalue weighted by Gasteiger charge is 2.15. The topological polar surface area (TPSA) is 67.5 Å². The summed E-state index contributed by atoms with van der Waals surface area (Å²) >= 11 is 3.31. The van der Waals surface area contributed by atoms with E-state index in [0.29, 0.717) is 16.2 Å². The lowest BCUT2D eigenvalue weighted by atomic mass is 10.3. The fourth-order valence-electron chi connectivity index (χ4n) is 1.58. The molecule has 0 fully saturated rings. The van der Waals surface area contributed by atoms with E-state index in [1.54, 1.807) is 19.1 Å². The van der Waals surface area contributed by atoms with E-state index in [0.717, 1.165) is 4.47 Å². The van der Waals surface area contributed by atoms with Crippen molar-refractivity contribution in [2.75, 3.05) is 0 Å². The molecule has 1 aromatic carbocycles. The third-order valence-electron chi connectivity index (χ3n) is 2.59. The molecule has 19 heavy (non-hydrogen) atoms. The van der Waals surface area contributed by atoms with Crippen LogP contribution in [0.15, 0.2) is 44.1 Å². The molecule has 100 valence electrons. The van der Waals surface area contributed by atoms with Gasteiger partial charge >= 0.3 is 5.97 Å². The van der Waals surface area contributed by atoms with Crippen LogP contribution in [0.2, 0.25) is 0 Å². The van der Waals surface area contributed by atoms with Crippen molar-refractivity contribution in [3.63, 3.8) is 0 Å². The average molecular weight is 343 g/mol. The van der Waals surface area contributed by atoms with Gasteiger partial charge in [-0.15, -0.1) is 0 Å². The van der Waals surface area contributed by atoms with Crippen molar-refractivity contribution in [3.05, 3.63) is 51.9 Å². The predicted octanol–water partition coefficient (Wildman–Crippen LogP) is 3.36. The molecule has 1 unspecified atom stereocenters. The molecule has 1 aromatic heterocycles. The van der Waals surface area contributed by atoms with Gasteiger partial charge in [0.15, 0.2) is 0 Å². The molecule has 0 spiro atoms. The average Bonchev–Trinajstić information content (AvgIpc) is 2.72. The number of halogens is 1. The van der Waals surface area contributed by atoms with E-state index < -0.39 is 16.8 Å². The third kappa shape index (κ3) is 3.33. The van der Waals surface area contributed by atoms with Crippen molar-refractivity contribution in [1.29, 1.82) is 0 Å². The van der Waals surface area contributed by atoms with E-state index in [1.165, 1.54) is 6.07 Å². The number of hydrogen-bond acceptors (Lipinski definition) is 3. The van der Waals surface area contributed by atoms with Gasteiger partial charge in [-0.25, -0.2) is 4.79 Å². The van der Waals surface area contributed by atoms with Crippen LogP contribution in [0.4, 0.5) is 0 Å². The molecule has 0 amide bonds.